The number of aromatic nitrogens is 5. The third kappa shape index (κ3) is 5.80. The fourth-order valence-electron chi connectivity index (χ4n) is 9.42. The first kappa shape index (κ1) is 35.6. The number of rotatable bonds is 6. The van der Waals surface area contributed by atoms with E-state index in [1.165, 1.54) is 20.2 Å². The number of benzene rings is 9. The van der Waals surface area contributed by atoms with Gasteiger partial charge in [-0.05, 0) is 81.9 Å². The van der Waals surface area contributed by atoms with Crippen LogP contribution in [0.1, 0.15) is 0 Å². The third-order valence-corrected chi connectivity index (χ3v) is 13.6. The molecule has 0 fully saturated rings. The highest BCUT2D eigenvalue weighted by molar-refractivity contribution is 7.25. The molecule has 0 saturated heterocycles. The zero-order valence-corrected chi connectivity index (χ0v) is 34.7. The van der Waals surface area contributed by atoms with Crippen LogP contribution in [0.15, 0.2) is 212 Å². The highest BCUT2D eigenvalue weighted by atomic mass is 32.1. The normalized spacial score (nSPS) is 11.8. The SMILES string of the molecule is c1ccc(-c2ccc3c4ccc(-c5ccccc5)cc4n(-c4nc(-c5cccc(-c6ccc7sc8ccccc8c7c6)c5)nc(-n5c6ccccc6c6ccccc65)n4)c3c2)cc1. The van der Waals surface area contributed by atoms with Crippen LogP contribution in [-0.4, -0.2) is 24.1 Å². The van der Waals surface area contributed by atoms with Crippen LogP contribution in [0, 0.1) is 0 Å². The molecule has 0 aliphatic rings. The molecule has 0 saturated carbocycles. The lowest BCUT2D eigenvalue weighted by Gasteiger charge is -2.14. The van der Waals surface area contributed by atoms with Crippen LogP contribution in [0.3, 0.4) is 0 Å². The summed E-state index contributed by atoms with van der Waals surface area (Å²) in [6, 6.07) is 75.7. The third-order valence-electron chi connectivity index (χ3n) is 12.4. The van der Waals surface area contributed by atoms with Crippen molar-refractivity contribution in [2.75, 3.05) is 0 Å². The molecule has 0 bridgehead atoms. The summed E-state index contributed by atoms with van der Waals surface area (Å²) in [4.78, 5) is 16.4. The van der Waals surface area contributed by atoms with Crippen molar-refractivity contribution in [1.82, 2.24) is 24.1 Å². The van der Waals surface area contributed by atoms with Gasteiger partial charge in [0.15, 0.2) is 5.82 Å². The molecule has 13 aromatic rings. The standard InChI is InChI=1S/C57H35N5S/c1-3-14-36(15-4-1)40-26-29-45-46-30-27-41(37-16-5-2-6-17-37)35-52(46)62(51(45)34-40)57-59-55(58-56(60-57)61-49-23-10-7-20-43(49)44-21-8-11-24-50(44)61)42-19-13-18-38(32-42)39-28-31-54-48(33-39)47-22-9-12-25-53(47)63-54/h1-35H. The van der Waals surface area contributed by atoms with Gasteiger partial charge in [0.2, 0.25) is 11.9 Å². The van der Waals surface area contributed by atoms with Gasteiger partial charge in [0, 0.05) is 47.3 Å². The molecule has 0 spiro atoms. The van der Waals surface area contributed by atoms with Crippen molar-refractivity contribution in [2.24, 2.45) is 0 Å². The summed E-state index contributed by atoms with van der Waals surface area (Å²) >= 11 is 1.84. The van der Waals surface area contributed by atoms with Gasteiger partial charge in [-0.3, -0.25) is 9.13 Å². The highest BCUT2D eigenvalue weighted by Crippen LogP contribution is 2.40. The predicted molar refractivity (Wildman–Crippen MR) is 263 cm³/mol. The first-order valence-corrected chi connectivity index (χ1v) is 22.0. The van der Waals surface area contributed by atoms with E-state index in [0.29, 0.717) is 17.7 Å². The molecule has 0 aliphatic heterocycles. The molecule has 0 amide bonds. The molecule has 294 valence electrons. The number of hydrogen-bond donors (Lipinski definition) is 0. The van der Waals surface area contributed by atoms with E-state index >= 15 is 0 Å². The monoisotopic (exact) mass is 821 g/mol. The molecule has 9 aromatic carbocycles. The van der Waals surface area contributed by atoms with Gasteiger partial charge in [-0.1, -0.05) is 164 Å². The quantitative estimate of drug-likeness (QED) is 0.168. The second kappa shape index (κ2) is 14.2. The van der Waals surface area contributed by atoms with Crippen LogP contribution >= 0.6 is 11.3 Å². The first-order chi connectivity index (χ1) is 31.2. The smallest absolute Gasteiger partial charge is 0.240 e. The van der Waals surface area contributed by atoms with Gasteiger partial charge in [-0.25, -0.2) is 0 Å². The van der Waals surface area contributed by atoms with Gasteiger partial charge in [-0.15, -0.1) is 11.3 Å². The molecular formula is C57H35N5S. The summed E-state index contributed by atoms with van der Waals surface area (Å²) in [5.74, 6) is 1.69. The van der Waals surface area contributed by atoms with E-state index in [1.807, 2.05) is 11.3 Å². The van der Waals surface area contributed by atoms with Gasteiger partial charge in [0.05, 0.1) is 22.1 Å². The van der Waals surface area contributed by atoms with Crippen molar-refractivity contribution >= 4 is 75.1 Å². The van der Waals surface area contributed by atoms with Crippen molar-refractivity contribution in [3.8, 4) is 56.7 Å². The molecular weight excluding hydrogens is 787 g/mol. The van der Waals surface area contributed by atoms with E-state index in [4.69, 9.17) is 15.0 Å². The fourth-order valence-corrected chi connectivity index (χ4v) is 10.5. The molecule has 0 N–H and O–H groups in total. The largest absolute Gasteiger partial charge is 0.278 e. The van der Waals surface area contributed by atoms with Gasteiger partial charge in [-0.2, -0.15) is 15.0 Å². The lowest BCUT2D eigenvalue weighted by atomic mass is 10.0. The van der Waals surface area contributed by atoms with E-state index < -0.39 is 0 Å². The molecule has 4 aromatic heterocycles. The van der Waals surface area contributed by atoms with Gasteiger partial charge in [0.25, 0.3) is 0 Å². The van der Waals surface area contributed by atoms with Crippen LogP contribution in [-0.2, 0) is 0 Å². The molecule has 0 aliphatic carbocycles. The summed E-state index contributed by atoms with van der Waals surface area (Å²) in [6.45, 7) is 0. The van der Waals surface area contributed by atoms with Crippen molar-refractivity contribution in [1.29, 1.82) is 0 Å². The summed E-state index contributed by atoms with van der Waals surface area (Å²) in [7, 11) is 0. The fraction of sp³-hybridized carbons (Fsp3) is 0. The maximum absolute atomic E-state index is 5.49. The molecule has 5 nitrogen and oxygen atoms in total. The number of fused-ring (bicyclic) bond motifs is 9. The lowest BCUT2D eigenvalue weighted by molar-refractivity contribution is 0.893. The minimum atomic E-state index is 0.545. The average Bonchev–Trinajstić information content (AvgIpc) is 4.01. The highest BCUT2D eigenvalue weighted by Gasteiger charge is 2.22. The van der Waals surface area contributed by atoms with Crippen LogP contribution in [0.2, 0.25) is 0 Å². The minimum Gasteiger partial charge on any atom is -0.278 e. The summed E-state index contributed by atoms with van der Waals surface area (Å²) < 4.78 is 7.01. The van der Waals surface area contributed by atoms with E-state index in [-0.39, 0.29) is 0 Å². The Labute approximate surface area is 366 Å². The van der Waals surface area contributed by atoms with Crippen molar-refractivity contribution in [3.63, 3.8) is 0 Å². The van der Waals surface area contributed by atoms with Crippen molar-refractivity contribution in [3.05, 3.63) is 212 Å². The summed E-state index contributed by atoms with van der Waals surface area (Å²) in [6.07, 6.45) is 0. The minimum absolute atomic E-state index is 0.545. The van der Waals surface area contributed by atoms with Crippen LogP contribution in [0.5, 0.6) is 0 Å². The Kier molecular flexibility index (Phi) is 8.01. The summed E-state index contributed by atoms with van der Waals surface area (Å²) in [5.41, 5.74) is 11.8. The van der Waals surface area contributed by atoms with E-state index in [9.17, 15) is 0 Å². The first-order valence-electron chi connectivity index (χ1n) is 21.2. The maximum Gasteiger partial charge on any atom is 0.240 e. The lowest BCUT2D eigenvalue weighted by Crippen LogP contribution is -2.10. The van der Waals surface area contributed by atoms with E-state index in [0.717, 1.165) is 82.6 Å². The molecule has 6 heteroatoms. The molecule has 63 heavy (non-hydrogen) atoms. The number of para-hydroxylation sites is 2. The molecule has 13 rings (SSSR count). The summed E-state index contributed by atoms with van der Waals surface area (Å²) in [5, 5.41) is 7.10. The van der Waals surface area contributed by atoms with Crippen molar-refractivity contribution in [2.45, 2.75) is 0 Å². The number of nitrogens with zero attached hydrogens (tertiary/aromatic N) is 5. The number of thiophene rings is 1. The Morgan fingerprint density at radius 3 is 1.35 bits per heavy atom. The predicted octanol–water partition coefficient (Wildman–Crippen LogP) is 15.1. The topological polar surface area (TPSA) is 48.5 Å². The Hall–Kier alpha value is -8.19. The Bertz CT molecular complexity index is 3770. The van der Waals surface area contributed by atoms with Gasteiger partial charge < -0.3 is 0 Å². The van der Waals surface area contributed by atoms with Gasteiger partial charge in [0.1, 0.15) is 0 Å². The average molecular weight is 822 g/mol. The second-order valence-corrected chi connectivity index (χ2v) is 17.1. The van der Waals surface area contributed by atoms with Crippen molar-refractivity contribution < 1.29 is 0 Å². The van der Waals surface area contributed by atoms with Crippen LogP contribution in [0.4, 0.5) is 0 Å². The molecule has 0 atom stereocenters. The van der Waals surface area contributed by atoms with E-state index in [1.54, 1.807) is 0 Å². The van der Waals surface area contributed by atoms with Gasteiger partial charge >= 0.3 is 0 Å². The van der Waals surface area contributed by atoms with Crippen LogP contribution in [0.25, 0.3) is 120 Å². The molecule has 4 heterocycles. The number of hydrogen-bond acceptors (Lipinski definition) is 4. The molecule has 0 unspecified atom stereocenters. The second-order valence-electron chi connectivity index (χ2n) is 16.1. The van der Waals surface area contributed by atoms with Crippen LogP contribution < -0.4 is 0 Å². The Morgan fingerprint density at radius 1 is 0.270 bits per heavy atom. The maximum atomic E-state index is 5.49. The molecule has 0 radical (unpaired) electrons. The zero-order chi connectivity index (χ0) is 41.4. The Balaban J connectivity index is 1.09. The Morgan fingerprint density at radius 2 is 0.714 bits per heavy atom. The zero-order valence-electron chi connectivity index (χ0n) is 33.9. The van der Waals surface area contributed by atoms with E-state index in [2.05, 4.69) is 221 Å².